The van der Waals surface area contributed by atoms with Crippen molar-refractivity contribution < 1.29 is 14.0 Å². The van der Waals surface area contributed by atoms with E-state index in [-0.39, 0.29) is 6.54 Å². The summed E-state index contributed by atoms with van der Waals surface area (Å²) in [5, 5.41) is 2.47. The predicted octanol–water partition coefficient (Wildman–Crippen LogP) is 2.80. The molecule has 0 aliphatic carbocycles. The van der Waals surface area contributed by atoms with E-state index in [9.17, 15) is 14.0 Å². The van der Waals surface area contributed by atoms with E-state index in [4.69, 9.17) is 0 Å². The fourth-order valence-electron chi connectivity index (χ4n) is 2.25. The summed E-state index contributed by atoms with van der Waals surface area (Å²) in [6.07, 6.45) is 0. The predicted molar refractivity (Wildman–Crippen MR) is 87.5 cm³/mol. The van der Waals surface area contributed by atoms with Crippen LogP contribution in [0.3, 0.4) is 0 Å². The molecule has 0 saturated carbocycles. The van der Waals surface area contributed by atoms with Gasteiger partial charge in [0, 0.05) is 24.3 Å². The van der Waals surface area contributed by atoms with E-state index in [0.717, 1.165) is 5.56 Å². The van der Waals surface area contributed by atoms with E-state index in [1.165, 1.54) is 11.0 Å². The van der Waals surface area contributed by atoms with Crippen LogP contribution in [0.15, 0.2) is 48.5 Å². The van der Waals surface area contributed by atoms with Gasteiger partial charge in [-0.3, -0.25) is 9.59 Å². The molecule has 0 bridgehead atoms. The van der Waals surface area contributed by atoms with Crippen LogP contribution in [0.1, 0.15) is 18.1 Å². The lowest BCUT2D eigenvalue weighted by Gasteiger charge is -2.20. The van der Waals surface area contributed by atoms with Gasteiger partial charge in [0.1, 0.15) is 5.82 Å². The smallest absolute Gasteiger partial charge is 0.316 e. The Labute approximate surface area is 134 Å². The molecule has 120 valence electrons. The molecule has 2 aromatic rings. The van der Waals surface area contributed by atoms with Crippen molar-refractivity contribution in [3.8, 4) is 0 Å². The first-order valence-corrected chi connectivity index (χ1v) is 7.42. The molecule has 0 fully saturated rings. The van der Waals surface area contributed by atoms with Crippen LogP contribution in [-0.2, 0) is 16.1 Å². The summed E-state index contributed by atoms with van der Waals surface area (Å²) in [4.78, 5) is 25.8. The molecule has 2 aromatic carbocycles. The molecule has 0 aliphatic rings. The normalized spacial score (nSPS) is 10.2. The number of nitrogens with zero attached hydrogens (tertiary/aromatic N) is 1. The first-order valence-electron chi connectivity index (χ1n) is 7.42. The maximum absolute atomic E-state index is 13.5. The van der Waals surface area contributed by atoms with Crippen molar-refractivity contribution in [2.45, 2.75) is 20.4 Å². The Kier molecular flexibility index (Phi) is 5.46. The number of anilines is 1. The third kappa shape index (κ3) is 4.16. The number of likely N-dealkylation sites (N-methyl/N-ethyl adjacent to an activating group) is 1. The zero-order valence-corrected chi connectivity index (χ0v) is 13.2. The largest absolute Gasteiger partial charge is 0.344 e. The molecule has 0 aliphatic heterocycles. The van der Waals surface area contributed by atoms with Crippen molar-refractivity contribution in [2.24, 2.45) is 0 Å². The molecule has 0 saturated heterocycles. The maximum Gasteiger partial charge on any atom is 0.316 e. The third-order valence-corrected chi connectivity index (χ3v) is 3.47. The van der Waals surface area contributed by atoms with Gasteiger partial charge in [0.2, 0.25) is 0 Å². The minimum absolute atomic E-state index is 0.0252. The van der Waals surface area contributed by atoms with Gasteiger partial charge in [-0.05, 0) is 37.6 Å². The fourth-order valence-corrected chi connectivity index (χ4v) is 2.25. The minimum Gasteiger partial charge on any atom is -0.344 e. The fraction of sp³-hybridized carbons (Fsp3) is 0.222. The molecule has 0 atom stereocenters. The summed E-state index contributed by atoms with van der Waals surface area (Å²) < 4.78 is 13.5. The van der Waals surface area contributed by atoms with Crippen LogP contribution >= 0.6 is 0 Å². The molecular weight excluding hydrogens is 295 g/mol. The van der Waals surface area contributed by atoms with E-state index in [2.05, 4.69) is 5.32 Å². The Hall–Kier alpha value is -2.69. The number of hydrogen-bond acceptors (Lipinski definition) is 2. The molecule has 0 spiro atoms. The highest BCUT2D eigenvalue weighted by molar-refractivity contribution is 6.40. The topological polar surface area (TPSA) is 49.4 Å². The van der Waals surface area contributed by atoms with Crippen molar-refractivity contribution in [3.05, 3.63) is 65.5 Å². The average Bonchev–Trinajstić information content (AvgIpc) is 2.54. The van der Waals surface area contributed by atoms with Gasteiger partial charge in [-0.25, -0.2) is 4.39 Å². The quantitative estimate of drug-likeness (QED) is 0.882. The first kappa shape index (κ1) is 16.7. The number of halogens is 1. The number of aryl methyl sites for hydroxylation is 1. The van der Waals surface area contributed by atoms with Crippen molar-refractivity contribution in [2.75, 3.05) is 11.4 Å². The van der Waals surface area contributed by atoms with Crippen LogP contribution in [0.25, 0.3) is 0 Å². The lowest BCUT2D eigenvalue weighted by atomic mass is 10.2. The second-order valence-electron chi connectivity index (χ2n) is 5.16. The number of hydrogen-bond donors (Lipinski definition) is 1. The maximum atomic E-state index is 13.5. The van der Waals surface area contributed by atoms with E-state index < -0.39 is 17.6 Å². The van der Waals surface area contributed by atoms with Crippen LogP contribution in [0, 0.1) is 12.7 Å². The monoisotopic (exact) mass is 314 g/mol. The van der Waals surface area contributed by atoms with Crippen LogP contribution in [-0.4, -0.2) is 18.4 Å². The van der Waals surface area contributed by atoms with Gasteiger partial charge in [-0.15, -0.1) is 0 Å². The van der Waals surface area contributed by atoms with Crippen LogP contribution in [0.5, 0.6) is 0 Å². The van der Waals surface area contributed by atoms with Gasteiger partial charge in [0.15, 0.2) is 0 Å². The summed E-state index contributed by atoms with van der Waals surface area (Å²) in [7, 11) is 0. The zero-order chi connectivity index (χ0) is 16.8. The number of benzene rings is 2. The molecule has 2 rings (SSSR count). The molecule has 0 radical (unpaired) electrons. The third-order valence-electron chi connectivity index (χ3n) is 3.47. The number of amides is 2. The Morgan fingerprint density at radius 1 is 1.13 bits per heavy atom. The zero-order valence-electron chi connectivity index (χ0n) is 13.2. The van der Waals surface area contributed by atoms with E-state index in [1.807, 2.05) is 25.1 Å². The van der Waals surface area contributed by atoms with Crippen LogP contribution in [0.4, 0.5) is 10.1 Å². The highest BCUT2D eigenvalue weighted by atomic mass is 19.1. The molecule has 0 aromatic heterocycles. The Bertz CT molecular complexity index is 716. The van der Waals surface area contributed by atoms with Crippen molar-refractivity contribution in [1.82, 2.24) is 5.32 Å². The first-order chi connectivity index (χ1) is 11.0. The molecule has 4 nitrogen and oxygen atoms in total. The van der Waals surface area contributed by atoms with Crippen LogP contribution in [0.2, 0.25) is 0 Å². The summed E-state index contributed by atoms with van der Waals surface area (Å²) in [6.45, 7) is 4.06. The molecule has 23 heavy (non-hydrogen) atoms. The van der Waals surface area contributed by atoms with Crippen molar-refractivity contribution in [3.63, 3.8) is 0 Å². The van der Waals surface area contributed by atoms with Gasteiger partial charge < -0.3 is 10.2 Å². The molecular formula is C18H19FN2O2. The average molecular weight is 314 g/mol. The standard InChI is InChI=1S/C18H19FN2O2/c1-3-21(15-9-6-7-13(2)11-15)18(23)17(22)20-12-14-8-4-5-10-16(14)19/h4-11H,3,12H2,1-2H3,(H,20,22). The SMILES string of the molecule is CCN(C(=O)C(=O)NCc1ccccc1F)c1cccc(C)c1. The van der Waals surface area contributed by atoms with E-state index in [1.54, 1.807) is 31.2 Å². The number of carbonyl (C=O) groups excluding carboxylic acids is 2. The van der Waals surface area contributed by atoms with E-state index in [0.29, 0.717) is 17.8 Å². The van der Waals surface area contributed by atoms with Gasteiger partial charge in [-0.2, -0.15) is 0 Å². The molecule has 2 amide bonds. The summed E-state index contributed by atoms with van der Waals surface area (Å²) in [5.74, 6) is -1.82. The highest BCUT2D eigenvalue weighted by Gasteiger charge is 2.22. The molecule has 0 heterocycles. The van der Waals surface area contributed by atoms with Gasteiger partial charge >= 0.3 is 11.8 Å². The van der Waals surface area contributed by atoms with Crippen molar-refractivity contribution in [1.29, 1.82) is 0 Å². The second kappa shape index (κ2) is 7.54. The van der Waals surface area contributed by atoms with Crippen molar-refractivity contribution >= 4 is 17.5 Å². The molecule has 1 N–H and O–H groups in total. The van der Waals surface area contributed by atoms with Crippen LogP contribution < -0.4 is 10.2 Å². The number of nitrogens with one attached hydrogen (secondary N) is 1. The highest BCUT2D eigenvalue weighted by Crippen LogP contribution is 2.16. The Morgan fingerprint density at radius 2 is 1.87 bits per heavy atom. The van der Waals surface area contributed by atoms with Gasteiger partial charge in [-0.1, -0.05) is 30.3 Å². The summed E-state index contributed by atoms with van der Waals surface area (Å²) in [6, 6.07) is 13.5. The minimum atomic E-state index is -0.753. The van der Waals surface area contributed by atoms with E-state index >= 15 is 0 Å². The van der Waals surface area contributed by atoms with Gasteiger partial charge in [0.25, 0.3) is 0 Å². The molecule has 0 unspecified atom stereocenters. The van der Waals surface area contributed by atoms with Gasteiger partial charge in [0.05, 0.1) is 0 Å². The summed E-state index contributed by atoms with van der Waals surface area (Å²) >= 11 is 0. The number of carbonyl (C=O) groups is 2. The number of rotatable bonds is 4. The lowest BCUT2D eigenvalue weighted by molar-refractivity contribution is -0.137. The molecule has 5 heteroatoms. The summed E-state index contributed by atoms with van der Waals surface area (Å²) in [5.41, 5.74) is 2.01. The Morgan fingerprint density at radius 3 is 2.52 bits per heavy atom. The Balaban J connectivity index is 2.06. The second-order valence-corrected chi connectivity index (χ2v) is 5.16. The lowest BCUT2D eigenvalue weighted by Crippen LogP contribution is -2.43.